The molecular weight excluding hydrogens is 340 g/mol. The van der Waals surface area contributed by atoms with Gasteiger partial charge in [0.05, 0.1) is 12.3 Å². The molecule has 5 nitrogen and oxygen atoms in total. The molecule has 140 valence electrons. The number of benzene rings is 2. The summed E-state index contributed by atoms with van der Waals surface area (Å²) in [7, 11) is 0. The van der Waals surface area contributed by atoms with Crippen LogP contribution in [0.25, 0.3) is 0 Å². The molecule has 0 amide bonds. The summed E-state index contributed by atoms with van der Waals surface area (Å²) >= 11 is 0. The first-order chi connectivity index (χ1) is 13.3. The normalized spacial score (nSPS) is 10.9. The summed E-state index contributed by atoms with van der Waals surface area (Å²) in [5.74, 6) is 1.36. The molecule has 0 saturated carbocycles. The van der Waals surface area contributed by atoms with Crippen LogP contribution in [0, 0.1) is 0 Å². The summed E-state index contributed by atoms with van der Waals surface area (Å²) in [6.45, 7) is 6.38. The van der Waals surface area contributed by atoms with Gasteiger partial charge in [-0.3, -0.25) is 4.90 Å². The molecule has 1 aromatic heterocycles. The highest BCUT2D eigenvalue weighted by atomic mass is 16.5. The summed E-state index contributed by atoms with van der Waals surface area (Å²) < 4.78 is 11.1. The molecule has 3 rings (SSSR count). The number of aliphatic hydroxyl groups excluding tert-OH is 1. The summed E-state index contributed by atoms with van der Waals surface area (Å²) in [6, 6.07) is 19.6. The van der Waals surface area contributed by atoms with Crippen molar-refractivity contribution in [2.75, 3.05) is 6.54 Å². The average Bonchev–Trinajstić information content (AvgIpc) is 3.15. The molecule has 1 N–H and O–H groups in total. The quantitative estimate of drug-likeness (QED) is 0.552. The molecule has 0 atom stereocenters. The van der Waals surface area contributed by atoms with Crippen molar-refractivity contribution in [3.05, 3.63) is 95.9 Å². The molecule has 0 aliphatic carbocycles. The lowest BCUT2D eigenvalue weighted by molar-refractivity contribution is 0.242. The van der Waals surface area contributed by atoms with Crippen molar-refractivity contribution >= 4 is 0 Å². The highest BCUT2D eigenvalue weighted by Crippen LogP contribution is 2.16. The van der Waals surface area contributed by atoms with Gasteiger partial charge in [-0.2, -0.15) is 0 Å². The van der Waals surface area contributed by atoms with Gasteiger partial charge in [0.25, 0.3) is 0 Å². The largest absolute Gasteiger partial charge is 0.486 e. The van der Waals surface area contributed by atoms with Crippen molar-refractivity contribution in [1.29, 1.82) is 0 Å². The van der Waals surface area contributed by atoms with Gasteiger partial charge in [0.2, 0.25) is 0 Å². The van der Waals surface area contributed by atoms with Crippen molar-refractivity contribution in [3.8, 4) is 5.75 Å². The minimum Gasteiger partial charge on any atom is -0.486 e. The first kappa shape index (κ1) is 18.9. The van der Waals surface area contributed by atoms with Crippen LogP contribution in [0.15, 0.2) is 77.8 Å². The summed E-state index contributed by atoms with van der Waals surface area (Å²) in [5, 5.41) is 13.3. The molecule has 0 fully saturated rings. The summed E-state index contributed by atoms with van der Waals surface area (Å²) in [4.78, 5) is 2.25. The molecule has 27 heavy (non-hydrogen) atoms. The van der Waals surface area contributed by atoms with Crippen LogP contribution in [0.1, 0.15) is 22.6 Å². The van der Waals surface area contributed by atoms with Crippen LogP contribution in [-0.2, 0) is 26.3 Å². The lowest BCUT2D eigenvalue weighted by Gasteiger charge is -2.19. The van der Waals surface area contributed by atoms with Gasteiger partial charge in [-0.05, 0) is 23.3 Å². The van der Waals surface area contributed by atoms with Crippen molar-refractivity contribution < 1.29 is 14.4 Å². The molecule has 3 aromatic rings. The van der Waals surface area contributed by atoms with Crippen LogP contribution >= 0.6 is 0 Å². The predicted octanol–water partition coefficient (Wildman–Crippen LogP) is 3.93. The van der Waals surface area contributed by atoms with E-state index in [1.165, 1.54) is 5.56 Å². The second-order valence-corrected chi connectivity index (χ2v) is 6.32. The molecule has 0 bridgehead atoms. The van der Waals surface area contributed by atoms with Gasteiger partial charge in [-0.25, -0.2) is 0 Å². The first-order valence-corrected chi connectivity index (χ1v) is 8.91. The van der Waals surface area contributed by atoms with E-state index in [2.05, 4.69) is 28.8 Å². The summed E-state index contributed by atoms with van der Waals surface area (Å²) in [5.41, 5.74) is 2.91. The van der Waals surface area contributed by atoms with E-state index in [9.17, 15) is 5.11 Å². The molecule has 0 unspecified atom stereocenters. The average molecular weight is 364 g/mol. The van der Waals surface area contributed by atoms with Gasteiger partial charge in [0, 0.05) is 25.7 Å². The zero-order valence-electron chi connectivity index (χ0n) is 15.3. The lowest BCUT2D eigenvalue weighted by atomic mass is 10.2. The Kier molecular flexibility index (Phi) is 6.79. The van der Waals surface area contributed by atoms with Gasteiger partial charge < -0.3 is 14.4 Å². The van der Waals surface area contributed by atoms with E-state index in [4.69, 9.17) is 9.26 Å². The van der Waals surface area contributed by atoms with E-state index in [1.54, 1.807) is 0 Å². The fourth-order valence-corrected chi connectivity index (χ4v) is 2.82. The SMILES string of the molecule is C=CCN(Cc1ccccc1)Cc1cc(COc2cccc(CO)c2)on1. The van der Waals surface area contributed by atoms with Gasteiger partial charge in [-0.15, -0.1) is 6.58 Å². The lowest BCUT2D eigenvalue weighted by Crippen LogP contribution is -2.22. The van der Waals surface area contributed by atoms with Crippen LogP contribution < -0.4 is 4.74 Å². The Hall–Kier alpha value is -2.89. The van der Waals surface area contributed by atoms with Crippen molar-refractivity contribution in [3.63, 3.8) is 0 Å². The van der Waals surface area contributed by atoms with Crippen LogP contribution in [0.2, 0.25) is 0 Å². The van der Waals surface area contributed by atoms with Crippen molar-refractivity contribution in [2.45, 2.75) is 26.3 Å². The molecule has 5 heteroatoms. The topological polar surface area (TPSA) is 58.7 Å². The monoisotopic (exact) mass is 364 g/mol. The number of nitrogens with zero attached hydrogens (tertiary/aromatic N) is 2. The summed E-state index contributed by atoms with van der Waals surface area (Å²) in [6.07, 6.45) is 1.89. The highest BCUT2D eigenvalue weighted by Gasteiger charge is 2.11. The predicted molar refractivity (Wildman–Crippen MR) is 104 cm³/mol. The standard InChI is InChI=1S/C22H24N2O3/c1-2-11-24(14-18-7-4-3-5-8-18)15-20-13-22(27-23-20)17-26-21-10-6-9-19(12-21)16-25/h2-10,12-13,25H,1,11,14-17H2. The van der Waals surface area contributed by atoms with Crippen molar-refractivity contribution in [1.82, 2.24) is 10.1 Å². The molecule has 0 radical (unpaired) electrons. The van der Waals surface area contributed by atoms with Crippen LogP contribution in [0.5, 0.6) is 5.75 Å². The molecule has 0 aliphatic heterocycles. The van der Waals surface area contributed by atoms with Crippen LogP contribution in [0.3, 0.4) is 0 Å². The molecular formula is C22H24N2O3. The number of hydrogen-bond donors (Lipinski definition) is 1. The van der Waals surface area contributed by atoms with Crippen LogP contribution in [-0.4, -0.2) is 21.7 Å². The Bertz CT molecular complexity index is 846. The van der Waals surface area contributed by atoms with E-state index in [-0.39, 0.29) is 6.61 Å². The number of rotatable bonds is 10. The molecule has 1 heterocycles. The Labute approximate surface area is 159 Å². The number of aromatic nitrogens is 1. The molecule has 2 aromatic carbocycles. The fourth-order valence-electron chi connectivity index (χ4n) is 2.82. The maximum absolute atomic E-state index is 9.19. The first-order valence-electron chi connectivity index (χ1n) is 8.91. The third-order valence-corrected chi connectivity index (χ3v) is 4.09. The maximum Gasteiger partial charge on any atom is 0.174 e. The maximum atomic E-state index is 9.19. The number of aliphatic hydroxyl groups is 1. The van der Waals surface area contributed by atoms with Gasteiger partial charge in [-0.1, -0.05) is 53.7 Å². The third kappa shape index (κ3) is 5.81. The minimum atomic E-state index is -0.00971. The zero-order valence-corrected chi connectivity index (χ0v) is 15.3. The Balaban J connectivity index is 1.57. The second-order valence-electron chi connectivity index (χ2n) is 6.32. The number of ether oxygens (including phenoxy) is 1. The zero-order chi connectivity index (χ0) is 18.9. The second kappa shape index (κ2) is 9.71. The van der Waals surface area contributed by atoms with E-state index in [0.717, 1.165) is 24.3 Å². The van der Waals surface area contributed by atoms with Gasteiger partial charge >= 0.3 is 0 Å². The fraction of sp³-hybridized carbons (Fsp3) is 0.227. The molecule has 0 aliphatic rings. The van der Waals surface area contributed by atoms with E-state index in [1.807, 2.05) is 54.6 Å². The van der Waals surface area contributed by atoms with E-state index >= 15 is 0 Å². The van der Waals surface area contributed by atoms with Crippen LogP contribution in [0.4, 0.5) is 0 Å². The molecule has 0 saturated heterocycles. The van der Waals surface area contributed by atoms with E-state index in [0.29, 0.717) is 24.7 Å². The van der Waals surface area contributed by atoms with E-state index < -0.39 is 0 Å². The van der Waals surface area contributed by atoms with Gasteiger partial charge in [0.15, 0.2) is 5.76 Å². The smallest absolute Gasteiger partial charge is 0.174 e. The van der Waals surface area contributed by atoms with Gasteiger partial charge in [0.1, 0.15) is 12.4 Å². The molecule has 0 spiro atoms. The number of hydrogen-bond acceptors (Lipinski definition) is 5. The Morgan fingerprint density at radius 3 is 2.63 bits per heavy atom. The highest BCUT2D eigenvalue weighted by molar-refractivity contribution is 5.28. The third-order valence-electron chi connectivity index (χ3n) is 4.09. The Morgan fingerprint density at radius 2 is 1.85 bits per heavy atom. The van der Waals surface area contributed by atoms with Crippen molar-refractivity contribution in [2.24, 2.45) is 0 Å². The minimum absolute atomic E-state index is 0.00971. The Morgan fingerprint density at radius 1 is 1.04 bits per heavy atom.